The number of allylic oxidation sites excluding steroid dienone is 1. The van der Waals surface area contributed by atoms with Gasteiger partial charge in [-0.1, -0.05) is 99.0 Å². The van der Waals surface area contributed by atoms with E-state index in [1.165, 1.54) is 31.3 Å². The summed E-state index contributed by atoms with van der Waals surface area (Å²) in [6, 6.07) is 0. The molecule has 216 valence electrons. The third-order valence-corrected chi connectivity index (χ3v) is 6.92. The Labute approximate surface area is 231 Å². The Morgan fingerprint density at radius 3 is 2.00 bits per heavy atom. The third-order valence-electron chi connectivity index (χ3n) is 6.92. The first-order valence-corrected chi connectivity index (χ1v) is 15.0. The number of hydrogen-bond donors (Lipinski definition) is 1. The Morgan fingerprint density at radius 2 is 1.59 bits per heavy atom. The van der Waals surface area contributed by atoms with Crippen molar-refractivity contribution in [2.45, 2.75) is 153 Å². The lowest BCUT2D eigenvalue weighted by Crippen LogP contribution is -2.23. The fourth-order valence-electron chi connectivity index (χ4n) is 3.09. The highest BCUT2D eigenvalue weighted by molar-refractivity contribution is 5.51. The quantitative estimate of drug-likeness (QED) is 0.296. The van der Waals surface area contributed by atoms with E-state index in [4.69, 9.17) is 4.74 Å². The summed E-state index contributed by atoms with van der Waals surface area (Å²) in [6.07, 6.45) is 14.0. The second-order valence-corrected chi connectivity index (χ2v) is 13.0. The van der Waals surface area contributed by atoms with E-state index in [1.54, 1.807) is 6.20 Å². The van der Waals surface area contributed by atoms with Gasteiger partial charge in [-0.15, -0.1) is 0 Å². The van der Waals surface area contributed by atoms with Crippen LogP contribution < -0.4 is 0 Å². The van der Waals surface area contributed by atoms with Crippen molar-refractivity contribution in [3.8, 4) is 0 Å². The number of hydrogen-bond acceptors (Lipinski definition) is 4. The van der Waals surface area contributed by atoms with Gasteiger partial charge in [0.25, 0.3) is 0 Å². The SMILES string of the molecule is CC1CC1.CCC(CCCCC(O)c1cnc(/C=C(\C)C(C)(C)C)c(C)n1)COC(C)(C)C.CCCC. The van der Waals surface area contributed by atoms with E-state index in [2.05, 4.69) is 92.2 Å². The first-order valence-electron chi connectivity index (χ1n) is 15.0. The molecule has 1 saturated carbocycles. The summed E-state index contributed by atoms with van der Waals surface area (Å²) in [5.74, 6) is 1.67. The van der Waals surface area contributed by atoms with Crippen molar-refractivity contribution in [3.05, 3.63) is 28.9 Å². The highest BCUT2D eigenvalue weighted by Crippen LogP contribution is 2.28. The predicted octanol–water partition coefficient (Wildman–Crippen LogP) is 9.89. The Morgan fingerprint density at radius 1 is 1.05 bits per heavy atom. The second-order valence-electron chi connectivity index (χ2n) is 13.0. The van der Waals surface area contributed by atoms with Crippen LogP contribution in [0.2, 0.25) is 0 Å². The summed E-state index contributed by atoms with van der Waals surface area (Å²) < 4.78 is 5.93. The number of unbranched alkanes of at least 4 members (excludes halogenated alkanes) is 2. The van der Waals surface area contributed by atoms with Gasteiger partial charge in [0.05, 0.1) is 41.6 Å². The topological polar surface area (TPSA) is 55.2 Å². The van der Waals surface area contributed by atoms with Crippen molar-refractivity contribution in [3.63, 3.8) is 0 Å². The van der Waals surface area contributed by atoms with Crippen LogP contribution >= 0.6 is 0 Å². The molecule has 1 aliphatic rings. The molecule has 0 saturated heterocycles. The van der Waals surface area contributed by atoms with Gasteiger partial charge in [0.15, 0.2) is 0 Å². The summed E-state index contributed by atoms with van der Waals surface area (Å²) in [6.45, 7) is 26.7. The van der Waals surface area contributed by atoms with E-state index in [0.29, 0.717) is 11.6 Å². The van der Waals surface area contributed by atoms with E-state index < -0.39 is 6.10 Å². The molecule has 0 aliphatic heterocycles. The van der Waals surface area contributed by atoms with E-state index in [1.807, 2.05) is 6.92 Å². The molecule has 0 amide bonds. The number of rotatable bonds is 11. The van der Waals surface area contributed by atoms with Crippen LogP contribution in [0.25, 0.3) is 6.08 Å². The van der Waals surface area contributed by atoms with E-state index >= 15 is 0 Å². The van der Waals surface area contributed by atoms with Crippen LogP contribution in [-0.4, -0.2) is 27.3 Å². The predicted molar refractivity (Wildman–Crippen MR) is 162 cm³/mol. The van der Waals surface area contributed by atoms with Crippen molar-refractivity contribution in [1.29, 1.82) is 0 Å². The summed E-state index contributed by atoms with van der Waals surface area (Å²) in [7, 11) is 0. The number of aliphatic hydroxyl groups is 1. The zero-order valence-electron chi connectivity index (χ0n) is 26.7. The van der Waals surface area contributed by atoms with E-state index in [0.717, 1.165) is 56.0 Å². The van der Waals surface area contributed by atoms with Crippen LogP contribution in [0, 0.1) is 24.2 Å². The second kappa shape index (κ2) is 18.1. The van der Waals surface area contributed by atoms with E-state index in [-0.39, 0.29) is 11.0 Å². The molecule has 4 nitrogen and oxygen atoms in total. The molecular weight excluding hydrogens is 456 g/mol. The number of nitrogens with zero attached hydrogens (tertiary/aromatic N) is 2. The molecule has 1 aliphatic carbocycles. The molecule has 1 aromatic rings. The maximum absolute atomic E-state index is 10.5. The van der Waals surface area contributed by atoms with E-state index in [9.17, 15) is 5.11 Å². The van der Waals surface area contributed by atoms with Crippen molar-refractivity contribution in [2.75, 3.05) is 6.61 Å². The molecule has 0 aromatic carbocycles. The zero-order chi connectivity index (χ0) is 28.6. The fraction of sp³-hybridized carbons (Fsp3) is 0.818. The number of aromatic nitrogens is 2. The molecular formula is C33H62N2O2. The summed E-state index contributed by atoms with van der Waals surface area (Å²) in [4.78, 5) is 9.17. The smallest absolute Gasteiger partial charge is 0.0975 e. The van der Waals surface area contributed by atoms with Gasteiger partial charge in [-0.2, -0.15) is 0 Å². The molecule has 37 heavy (non-hydrogen) atoms. The van der Waals surface area contributed by atoms with Crippen LogP contribution in [-0.2, 0) is 4.74 Å². The molecule has 2 rings (SSSR count). The van der Waals surface area contributed by atoms with Gasteiger partial charge in [-0.3, -0.25) is 9.97 Å². The molecule has 1 aromatic heterocycles. The maximum atomic E-state index is 10.5. The molecule has 0 radical (unpaired) electrons. The van der Waals surface area contributed by atoms with Crippen LogP contribution in [0.1, 0.15) is 157 Å². The molecule has 0 bridgehead atoms. The third kappa shape index (κ3) is 18.6. The van der Waals surface area contributed by atoms with Crippen molar-refractivity contribution in [2.24, 2.45) is 17.3 Å². The molecule has 2 unspecified atom stereocenters. The normalized spacial score (nSPS) is 15.8. The minimum absolute atomic E-state index is 0.0765. The lowest BCUT2D eigenvalue weighted by molar-refractivity contribution is -0.0244. The average molecular weight is 519 g/mol. The minimum atomic E-state index is -0.547. The Hall–Kier alpha value is -1.26. The van der Waals surface area contributed by atoms with Gasteiger partial charge in [0, 0.05) is 0 Å². The lowest BCUT2D eigenvalue weighted by atomic mass is 9.87. The molecule has 1 heterocycles. The zero-order valence-corrected chi connectivity index (χ0v) is 26.7. The summed E-state index contributed by atoms with van der Waals surface area (Å²) in [5, 5.41) is 10.5. The summed E-state index contributed by atoms with van der Waals surface area (Å²) in [5.41, 5.74) is 3.74. The van der Waals surface area contributed by atoms with Crippen LogP contribution in [0.15, 0.2) is 11.8 Å². The Balaban J connectivity index is 0.00000138. The lowest BCUT2D eigenvalue weighted by Gasteiger charge is -2.24. The average Bonchev–Trinajstić information content (AvgIpc) is 3.60. The largest absolute Gasteiger partial charge is 0.387 e. The molecule has 0 spiro atoms. The number of ether oxygens (including phenoxy) is 1. The molecule has 4 heteroatoms. The highest BCUT2D eigenvalue weighted by Gasteiger charge is 2.17. The van der Waals surface area contributed by atoms with Gasteiger partial charge >= 0.3 is 0 Å². The van der Waals surface area contributed by atoms with Crippen LogP contribution in [0.5, 0.6) is 0 Å². The van der Waals surface area contributed by atoms with Gasteiger partial charge in [-0.25, -0.2) is 0 Å². The molecule has 2 atom stereocenters. The Kier molecular flexibility index (Phi) is 17.5. The Bertz CT molecular complexity index is 753. The first-order chi connectivity index (χ1) is 17.1. The van der Waals surface area contributed by atoms with Crippen LogP contribution in [0.4, 0.5) is 0 Å². The van der Waals surface area contributed by atoms with Crippen molar-refractivity contribution >= 4 is 6.08 Å². The number of aryl methyl sites for hydroxylation is 1. The highest BCUT2D eigenvalue weighted by atomic mass is 16.5. The molecule has 1 N–H and O–H groups in total. The van der Waals surface area contributed by atoms with Gasteiger partial charge < -0.3 is 9.84 Å². The minimum Gasteiger partial charge on any atom is -0.387 e. The van der Waals surface area contributed by atoms with Crippen molar-refractivity contribution in [1.82, 2.24) is 9.97 Å². The van der Waals surface area contributed by atoms with Gasteiger partial charge in [0.2, 0.25) is 0 Å². The monoisotopic (exact) mass is 518 g/mol. The van der Waals surface area contributed by atoms with Crippen molar-refractivity contribution < 1.29 is 9.84 Å². The van der Waals surface area contributed by atoms with Gasteiger partial charge in [-0.05, 0) is 70.8 Å². The number of aliphatic hydroxyl groups excluding tert-OH is 1. The van der Waals surface area contributed by atoms with Gasteiger partial charge in [0.1, 0.15) is 0 Å². The fourth-order valence-corrected chi connectivity index (χ4v) is 3.09. The summed E-state index contributed by atoms with van der Waals surface area (Å²) >= 11 is 0. The maximum Gasteiger partial charge on any atom is 0.0975 e. The van der Waals surface area contributed by atoms with Crippen LogP contribution in [0.3, 0.4) is 0 Å². The standard InChI is InChI=1S/C25H44N2O2.C4H8.C4H10/c1-10-20(17-29-25(7,8)9)13-11-12-14-23(28)22-16-26-21(19(3)27-22)15-18(2)24(4,5)6;1-4-2-3-4;1-3-4-2/h15-16,20,23,28H,10-14,17H2,1-9H3;4H,2-3H2,1H3;3-4H2,1-2H3/b18-15+;;. The first kappa shape index (κ1) is 35.7. The molecule has 1 fully saturated rings.